The zero-order valence-electron chi connectivity index (χ0n) is 12.5. The molecule has 0 saturated carbocycles. The molecule has 6 heteroatoms. The third kappa shape index (κ3) is 3.34. The monoisotopic (exact) mass is 310 g/mol. The normalized spacial score (nSPS) is 22.5. The van der Waals surface area contributed by atoms with Crippen molar-refractivity contribution in [1.29, 1.82) is 0 Å². The van der Waals surface area contributed by atoms with Crippen LogP contribution in [0.5, 0.6) is 0 Å². The van der Waals surface area contributed by atoms with Gasteiger partial charge in [0.05, 0.1) is 6.61 Å². The summed E-state index contributed by atoms with van der Waals surface area (Å²) in [6.07, 6.45) is 5.03. The van der Waals surface area contributed by atoms with E-state index in [0.717, 1.165) is 25.1 Å². The summed E-state index contributed by atoms with van der Waals surface area (Å²) in [5.74, 6) is -2.15. The highest BCUT2D eigenvalue weighted by atomic mass is 19.2. The van der Waals surface area contributed by atoms with Crippen molar-refractivity contribution in [1.82, 2.24) is 4.90 Å². The average molecular weight is 310 g/mol. The van der Waals surface area contributed by atoms with Gasteiger partial charge in [0.25, 0.3) is 0 Å². The predicted octanol–water partition coefficient (Wildman–Crippen LogP) is 1.94. The van der Waals surface area contributed by atoms with Gasteiger partial charge in [-0.25, -0.2) is 8.78 Å². The number of carbonyl (C=O) groups excluding carboxylic acids is 1. The molecule has 22 heavy (non-hydrogen) atoms. The number of methoxy groups -OCH3 is 1. The van der Waals surface area contributed by atoms with Crippen molar-refractivity contribution >= 4 is 12.0 Å². The number of rotatable bonds is 6. The van der Waals surface area contributed by atoms with Gasteiger partial charge >= 0.3 is 0 Å². The van der Waals surface area contributed by atoms with Gasteiger partial charge in [-0.2, -0.15) is 0 Å². The van der Waals surface area contributed by atoms with Crippen molar-refractivity contribution in [3.63, 3.8) is 0 Å². The van der Waals surface area contributed by atoms with E-state index in [4.69, 9.17) is 10.5 Å². The highest BCUT2D eigenvalue weighted by molar-refractivity contribution is 5.85. The maximum Gasteiger partial charge on any atom is 0.240 e. The first kappa shape index (κ1) is 16.6. The molecule has 120 valence electrons. The van der Waals surface area contributed by atoms with Gasteiger partial charge in [0.1, 0.15) is 5.54 Å². The van der Waals surface area contributed by atoms with Crippen LogP contribution in [0.3, 0.4) is 0 Å². The Labute approximate surface area is 128 Å². The lowest BCUT2D eigenvalue weighted by molar-refractivity contribution is -0.131. The number of primary amides is 1. The fourth-order valence-corrected chi connectivity index (χ4v) is 2.89. The van der Waals surface area contributed by atoms with Crippen LogP contribution in [-0.2, 0) is 9.53 Å². The van der Waals surface area contributed by atoms with Crippen molar-refractivity contribution in [2.75, 3.05) is 26.8 Å². The summed E-state index contributed by atoms with van der Waals surface area (Å²) in [5, 5.41) is 0. The summed E-state index contributed by atoms with van der Waals surface area (Å²) in [7, 11) is 1.54. The Morgan fingerprint density at radius 3 is 2.86 bits per heavy atom. The minimum absolute atomic E-state index is 0.251. The minimum Gasteiger partial charge on any atom is -0.382 e. The predicted molar refractivity (Wildman–Crippen MR) is 80.0 cm³/mol. The van der Waals surface area contributed by atoms with E-state index in [1.54, 1.807) is 13.2 Å². The van der Waals surface area contributed by atoms with Crippen molar-refractivity contribution in [3.05, 3.63) is 41.5 Å². The van der Waals surface area contributed by atoms with Crippen LogP contribution in [0.1, 0.15) is 18.4 Å². The van der Waals surface area contributed by atoms with Crippen LogP contribution in [-0.4, -0.2) is 43.2 Å². The Kier molecular flexibility index (Phi) is 5.26. The molecular weight excluding hydrogens is 290 g/mol. The molecule has 0 spiro atoms. The Hall–Kier alpha value is -1.79. The molecule has 2 N–H and O–H groups in total. The molecular formula is C16H20F2N2O2. The largest absolute Gasteiger partial charge is 0.382 e. The number of halogens is 2. The minimum atomic E-state index is -0.880. The van der Waals surface area contributed by atoms with Crippen LogP contribution in [0, 0.1) is 11.6 Å². The first-order chi connectivity index (χ1) is 10.5. The number of nitrogens with two attached hydrogens (primary N) is 1. The Balaban J connectivity index is 2.07. The number of likely N-dealkylation sites (tertiary alicyclic amines) is 1. The highest BCUT2D eigenvalue weighted by Gasteiger charge is 2.45. The molecule has 0 radical (unpaired) electrons. The van der Waals surface area contributed by atoms with E-state index in [9.17, 15) is 13.6 Å². The average Bonchev–Trinajstić information content (AvgIpc) is 2.87. The molecule has 1 amide bonds. The van der Waals surface area contributed by atoms with E-state index in [1.807, 2.05) is 11.0 Å². The SMILES string of the molecule is COCC1(C(N)=O)CCCN1C/C=C/c1ccc(F)c(F)c1. The Morgan fingerprint density at radius 2 is 2.23 bits per heavy atom. The number of ether oxygens (including phenoxy) is 1. The highest BCUT2D eigenvalue weighted by Crippen LogP contribution is 2.29. The number of carbonyl (C=O) groups is 1. The molecule has 1 heterocycles. The summed E-state index contributed by atoms with van der Waals surface area (Å²) in [4.78, 5) is 13.8. The lowest BCUT2D eigenvalue weighted by Crippen LogP contribution is -2.56. The van der Waals surface area contributed by atoms with Crippen LogP contribution in [0.15, 0.2) is 24.3 Å². The zero-order valence-corrected chi connectivity index (χ0v) is 12.5. The first-order valence-electron chi connectivity index (χ1n) is 7.15. The molecule has 0 aromatic heterocycles. The van der Waals surface area contributed by atoms with E-state index in [0.29, 0.717) is 18.5 Å². The van der Waals surface area contributed by atoms with Crippen molar-refractivity contribution in [2.24, 2.45) is 5.73 Å². The van der Waals surface area contributed by atoms with E-state index in [2.05, 4.69) is 0 Å². The van der Waals surface area contributed by atoms with Crippen LogP contribution in [0.2, 0.25) is 0 Å². The van der Waals surface area contributed by atoms with Crippen molar-refractivity contribution in [3.8, 4) is 0 Å². The molecule has 1 aliphatic heterocycles. The van der Waals surface area contributed by atoms with Crippen LogP contribution in [0.4, 0.5) is 8.78 Å². The van der Waals surface area contributed by atoms with Gasteiger partial charge in [-0.3, -0.25) is 9.69 Å². The van der Waals surface area contributed by atoms with E-state index < -0.39 is 23.1 Å². The van der Waals surface area contributed by atoms with Gasteiger partial charge in [0.15, 0.2) is 11.6 Å². The van der Waals surface area contributed by atoms with E-state index in [1.165, 1.54) is 6.07 Å². The van der Waals surface area contributed by atoms with Crippen LogP contribution in [0.25, 0.3) is 6.08 Å². The number of nitrogens with zero attached hydrogens (tertiary/aromatic N) is 1. The third-order valence-corrected chi connectivity index (χ3v) is 4.05. The van der Waals surface area contributed by atoms with Crippen molar-refractivity contribution < 1.29 is 18.3 Å². The molecule has 1 aromatic rings. The van der Waals surface area contributed by atoms with Crippen molar-refractivity contribution in [2.45, 2.75) is 18.4 Å². The molecule has 1 aromatic carbocycles. The molecule has 4 nitrogen and oxygen atoms in total. The zero-order chi connectivity index (χ0) is 16.2. The summed E-state index contributed by atoms with van der Waals surface area (Å²) in [6, 6.07) is 3.71. The Bertz CT molecular complexity index is 577. The molecule has 1 fully saturated rings. The van der Waals surface area contributed by atoms with Crippen LogP contribution >= 0.6 is 0 Å². The lowest BCUT2D eigenvalue weighted by Gasteiger charge is -2.34. The maximum atomic E-state index is 13.1. The number of hydrogen-bond acceptors (Lipinski definition) is 3. The van der Waals surface area contributed by atoms with Gasteiger partial charge in [0, 0.05) is 13.7 Å². The first-order valence-corrected chi connectivity index (χ1v) is 7.15. The number of benzene rings is 1. The van der Waals surface area contributed by atoms with Gasteiger partial charge in [-0.1, -0.05) is 18.2 Å². The third-order valence-electron chi connectivity index (χ3n) is 4.05. The standard InChI is InChI=1S/C16H20F2N2O2/c1-22-11-16(15(19)21)7-3-9-20(16)8-2-4-12-5-6-13(17)14(18)10-12/h2,4-6,10H,3,7-9,11H2,1H3,(H2,19,21)/b4-2+. The van der Waals surface area contributed by atoms with Gasteiger partial charge in [0.2, 0.25) is 5.91 Å². The maximum absolute atomic E-state index is 13.1. The second-order valence-corrected chi connectivity index (χ2v) is 5.45. The fraction of sp³-hybridized carbons (Fsp3) is 0.438. The summed E-state index contributed by atoms with van der Waals surface area (Å²) in [6.45, 7) is 1.49. The molecule has 1 unspecified atom stereocenters. The molecule has 0 aliphatic carbocycles. The molecule has 1 aliphatic rings. The summed E-state index contributed by atoms with van der Waals surface area (Å²) >= 11 is 0. The van der Waals surface area contributed by atoms with Gasteiger partial charge in [-0.15, -0.1) is 0 Å². The number of hydrogen-bond donors (Lipinski definition) is 1. The Morgan fingerprint density at radius 1 is 1.45 bits per heavy atom. The van der Waals surface area contributed by atoms with E-state index >= 15 is 0 Å². The molecule has 1 atom stereocenters. The number of amides is 1. The van der Waals surface area contributed by atoms with Crippen LogP contribution < -0.4 is 5.73 Å². The quantitative estimate of drug-likeness (QED) is 0.874. The topological polar surface area (TPSA) is 55.6 Å². The second-order valence-electron chi connectivity index (χ2n) is 5.45. The second kappa shape index (κ2) is 6.98. The molecule has 1 saturated heterocycles. The summed E-state index contributed by atoms with van der Waals surface area (Å²) in [5.41, 5.74) is 5.33. The van der Waals surface area contributed by atoms with Gasteiger partial charge in [-0.05, 0) is 37.1 Å². The van der Waals surface area contributed by atoms with E-state index in [-0.39, 0.29) is 6.61 Å². The fourth-order valence-electron chi connectivity index (χ4n) is 2.89. The summed E-state index contributed by atoms with van der Waals surface area (Å²) < 4.78 is 31.2. The molecule has 2 rings (SSSR count). The smallest absolute Gasteiger partial charge is 0.240 e. The lowest BCUT2D eigenvalue weighted by atomic mass is 9.96. The molecule has 0 bridgehead atoms. The van der Waals surface area contributed by atoms with Gasteiger partial charge < -0.3 is 10.5 Å².